The van der Waals surface area contributed by atoms with Gasteiger partial charge >= 0.3 is 0 Å². The van der Waals surface area contributed by atoms with Crippen LogP contribution in [0.5, 0.6) is 5.75 Å². The lowest BCUT2D eigenvalue weighted by Gasteiger charge is -2.23. The van der Waals surface area contributed by atoms with Crippen molar-refractivity contribution < 1.29 is 18.6 Å². The third kappa shape index (κ3) is 4.90. The van der Waals surface area contributed by atoms with Crippen LogP contribution in [0.1, 0.15) is 43.7 Å². The fraction of sp³-hybridized carbons (Fsp3) is 0.667. The minimum absolute atomic E-state index is 0.233. The molecular formula is C18H26FNO3. The van der Waals surface area contributed by atoms with E-state index in [2.05, 4.69) is 5.32 Å². The van der Waals surface area contributed by atoms with Crippen LogP contribution in [0.2, 0.25) is 0 Å². The highest BCUT2D eigenvalue weighted by atomic mass is 19.1. The van der Waals surface area contributed by atoms with Crippen molar-refractivity contribution in [3.05, 3.63) is 29.6 Å². The monoisotopic (exact) mass is 323 g/mol. The zero-order valence-electron chi connectivity index (χ0n) is 13.6. The number of nitrogens with one attached hydrogen (secondary N) is 1. The minimum atomic E-state index is -0.241. The van der Waals surface area contributed by atoms with E-state index in [4.69, 9.17) is 14.2 Å². The predicted molar refractivity (Wildman–Crippen MR) is 86.3 cm³/mol. The first-order chi connectivity index (χ1) is 11.3. The van der Waals surface area contributed by atoms with Crippen LogP contribution in [0, 0.1) is 5.82 Å². The van der Waals surface area contributed by atoms with Crippen LogP contribution in [-0.2, 0) is 9.47 Å². The normalized spacial score (nSPS) is 22.2. The summed E-state index contributed by atoms with van der Waals surface area (Å²) >= 11 is 0. The molecule has 1 aromatic carbocycles. The van der Waals surface area contributed by atoms with Gasteiger partial charge in [-0.05, 0) is 44.7 Å². The standard InChI is InChI=1S/C18H26FNO3/c19-14-4-5-16-17(3-1-9-23-18(16)13-14)20-8-2-10-22-15-6-11-21-12-7-15/h4-5,13,15,17,20H,1-3,6-12H2/t17-/m1/s1. The topological polar surface area (TPSA) is 39.7 Å². The van der Waals surface area contributed by atoms with Gasteiger partial charge in [-0.25, -0.2) is 4.39 Å². The lowest BCUT2D eigenvalue weighted by atomic mass is 10.0. The maximum absolute atomic E-state index is 13.4. The molecule has 0 bridgehead atoms. The summed E-state index contributed by atoms with van der Waals surface area (Å²) in [6.07, 6.45) is 5.34. The molecule has 2 aliphatic heterocycles. The largest absolute Gasteiger partial charge is 0.493 e. The molecule has 3 rings (SSSR count). The van der Waals surface area contributed by atoms with Gasteiger partial charge in [0, 0.05) is 37.5 Å². The molecule has 5 heteroatoms. The van der Waals surface area contributed by atoms with Gasteiger partial charge in [0.05, 0.1) is 12.7 Å². The second kappa shape index (κ2) is 8.62. The summed E-state index contributed by atoms with van der Waals surface area (Å²) in [7, 11) is 0. The van der Waals surface area contributed by atoms with Crippen molar-refractivity contribution in [1.29, 1.82) is 0 Å². The highest BCUT2D eigenvalue weighted by Gasteiger charge is 2.20. The summed E-state index contributed by atoms with van der Waals surface area (Å²) in [6.45, 7) is 3.96. The Morgan fingerprint density at radius 3 is 2.91 bits per heavy atom. The van der Waals surface area contributed by atoms with Crippen molar-refractivity contribution in [3.63, 3.8) is 0 Å². The molecule has 0 saturated carbocycles. The van der Waals surface area contributed by atoms with E-state index in [1.807, 2.05) is 6.07 Å². The van der Waals surface area contributed by atoms with Gasteiger partial charge in [-0.3, -0.25) is 0 Å². The van der Waals surface area contributed by atoms with E-state index in [1.165, 1.54) is 12.1 Å². The van der Waals surface area contributed by atoms with E-state index < -0.39 is 0 Å². The Kier molecular flexibility index (Phi) is 6.25. The summed E-state index contributed by atoms with van der Waals surface area (Å²) in [5.74, 6) is 0.438. The van der Waals surface area contributed by atoms with Crippen LogP contribution in [0.4, 0.5) is 4.39 Å². The SMILES string of the molecule is Fc1ccc2c(c1)OCCC[C@H]2NCCCOC1CCOCC1. The van der Waals surface area contributed by atoms with Gasteiger partial charge in [0.15, 0.2) is 0 Å². The fourth-order valence-corrected chi connectivity index (χ4v) is 3.20. The molecule has 128 valence electrons. The maximum atomic E-state index is 13.4. The molecule has 1 aromatic rings. The quantitative estimate of drug-likeness (QED) is 0.816. The van der Waals surface area contributed by atoms with Gasteiger partial charge in [0.25, 0.3) is 0 Å². The van der Waals surface area contributed by atoms with Gasteiger partial charge in [-0.15, -0.1) is 0 Å². The van der Waals surface area contributed by atoms with Gasteiger partial charge in [0.1, 0.15) is 11.6 Å². The van der Waals surface area contributed by atoms with Crippen molar-refractivity contribution in [3.8, 4) is 5.75 Å². The van der Waals surface area contributed by atoms with E-state index in [9.17, 15) is 4.39 Å². The average molecular weight is 323 g/mol. The van der Waals surface area contributed by atoms with E-state index in [1.54, 1.807) is 0 Å². The molecule has 4 nitrogen and oxygen atoms in total. The average Bonchev–Trinajstić information content (AvgIpc) is 2.77. The molecule has 23 heavy (non-hydrogen) atoms. The lowest BCUT2D eigenvalue weighted by molar-refractivity contribution is -0.0322. The highest BCUT2D eigenvalue weighted by molar-refractivity contribution is 5.37. The van der Waals surface area contributed by atoms with E-state index in [-0.39, 0.29) is 11.9 Å². The highest BCUT2D eigenvalue weighted by Crippen LogP contribution is 2.31. The van der Waals surface area contributed by atoms with Crippen LogP contribution in [0.25, 0.3) is 0 Å². The van der Waals surface area contributed by atoms with Crippen LogP contribution >= 0.6 is 0 Å². The second-order valence-electron chi connectivity index (χ2n) is 6.22. The summed E-state index contributed by atoms with van der Waals surface area (Å²) in [6, 6.07) is 5.07. The molecule has 0 amide bonds. The summed E-state index contributed by atoms with van der Waals surface area (Å²) < 4.78 is 30.2. The Morgan fingerprint density at radius 1 is 1.17 bits per heavy atom. The Labute approximate surface area is 137 Å². The van der Waals surface area contributed by atoms with Crippen molar-refractivity contribution in [1.82, 2.24) is 5.32 Å². The number of fused-ring (bicyclic) bond motifs is 1. The molecule has 1 atom stereocenters. The molecule has 0 aromatic heterocycles. The summed E-state index contributed by atoms with van der Waals surface area (Å²) in [5.41, 5.74) is 1.06. The number of rotatable bonds is 6. The third-order valence-corrected chi connectivity index (χ3v) is 4.48. The smallest absolute Gasteiger partial charge is 0.126 e. The van der Waals surface area contributed by atoms with Crippen molar-refractivity contribution in [2.45, 2.75) is 44.2 Å². The molecule has 1 saturated heterocycles. The molecule has 0 aliphatic carbocycles. The Bertz CT molecular complexity index is 491. The van der Waals surface area contributed by atoms with Crippen LogP contribution < -0.4 is 10.1 Å². The van der Waals surface area contributed by atoms with Gasteiger partial charge in [-0.1, -0.05) is 6.07 Å². The number of halogens is 1. The number of hydrogen-bond acceptors (Lipinski definition) is 4. The first-order valence-electron chi connectivity index (χ1n) is 8.68. The Morgan fingerprint density at radius 2 is 2.04 bits per heavy atom. The lowest BCUT2D eigenvalue weighted by Crippen LogP contribution is -2.26. The van der Waals surface area contributed by atoms with E-state index in [0.717, 1.165) is 64.0 Å². The summed E-state index contributed by atoms with van der Waals surface area (Å²) in [4.78, 5) is 0. The molecule has 2 aliphatic rings. The molecule has 0 spiro atoms. The number of benzene rings is 1. The van der Waals surface area contributed by atoms with Crippen molar-refractivity contribution in [2.24, 2.45) is 0 Å². The maximum Gasteiger partial charge on any atom is 0.126 e. The van der Waals surface area contributed by atoms with Crippen LogP contribution in [0.15, 0.2) is 18.2 Å². The molecule has 0 radical (unpaired) electrons. The van der Waals surface area contributed by atoms with Gasteiger partial charge in [0.2, 0.25) is 0 Å². The predicted octanol–water partition coefficient (Wildman–Crippen LogP) is 3.21. The molecular weight excluding hydrogens is 297 g/mol. The molecule has 1 fully saturated rings. The van der Waals surface area contributed by atoms with E-state index in [0.29, 0.717) is 18.5 Å². The number of ether oxygens (including phenoxy) is 3. The zero-order valence-corrected chi connectivity index (χ0v) is 13.6. The zero-order chi connectivity index (χ0) is 15.9. The van der Waals surface area contributed by atoms with E-state index >= 15 is 0 Å². The second-order valence-corrected chi connectivity index (χ2v) is 6.22. The van der Waals surface area contributed by atoms with Gasteiger partial charge < -0.3 is 19.5 Å². The Balaban J connectivity index is 1.43. The fourth-order valence-electron chi connectivity index (χ4n) is 3.20. The van der Waals surface area contributed by atoms with Crippen molar-refractivity contribution >= 4 is 0 Å². The first-order valence-corrected chi connectivity index (χ1v) is 8.68. The van der Waals surface area contributed by atoms with Crippen molar-refractivity contribution in [2.75, 3.05) is 33.0 Å². The third-order valence-electron chi connectivity index (χ3n) is 4.48. The van der Waals surface area contributed by atoms with Gasteiger partial charge in [-0.2, -0.15) is 0 Å². The minimum Gasteiger partial charge on any atom is -0.493 e. The molecule has 2 heterocycles. The van der Waals surface area contributed by atoms with Crippen LogP contribution in [0.3, 0.4) is 0 Å². The Hall–Kier alpha value is -1.17. The summed E-state index contributed by atoms with van der Waals surface area (Å²) in [5, 5.41) is 3.57. The van der Waals surface area contributed by atoms with Crippen LogP contribution in [-0.4, -0.2) is 39.1 Å². The first kappa shape index (κ1) is 16.7. The molecule has 1 N–H and O–H groups in total. The number of hydrogen-bond donors (Lipinski definition) is 1. The molecule has 0 unspecified atom stereocenters.